The average molecular weight is 250 g/mol. The lowest BCUT2D eigenvalue weighted by molar-refractivity contribution is 0.350. The average Bonchev–Trinajstić information content (AvgIpc) is 2.28. The lowest BCUT2D eigenvalue weighted by Crippen LogP contribution is -2.36. The summed E-state index contributed by atoms with van der Waals surface area (Å²) in [4.78, 5) is 0. The van der Waals surface area contributed by atoms with E-state index in [2.05, 4.69) is 17.9 Å². The molecule has 0 amide bonds. The molecule has 1 rings (SSSR count). The fourth-order valence-electron chi connectivity index (χ4n) is 1.53. The first kappa shape index (κ1) is 12.9. The Balaban J connectivity index is 2.91. The van der Waals surface area contributed by atoms with Gasteiger partial charge in [-0.1, -0.05) is 6.42 Å². The van der Waals surface area contributed by atoms with Crippen molar-refractivity contribution in [1.29, 1.82) is 0 Å². The summed E-state index contributed by atoms with van der Waals surface area (Å²) in [7, 11) is -1.67. The molecule has 0 spiro atoms. The quantitative estimate of drug-likeness (QED) is 0.739. The number of rotatable bonds is 3. The summed E-state index contributed by atoms with van der Waals surface area (Å²) in [6, 6.07) is 0. The summed E-state index contributed by atoms with van der Waals surface area (Å²) >= 11 is 4.08. The van der Waals surface area contributed by atoms with E-state index in [9.17, 15) is 8.42 Å². The van der Waals surface area contributed by atoms with Gasteiger partial charge in [0.05, 0.1) is 0 Å². The second-order valence-corrected chi connectivity index (χ2v) is 6.27. The number of hydrogen-bond donors (Lipinski definition) is 2. The number of thiol groups is 1. The van der Waals surface area contributed by atoms with E-state index in [-0.39, 0.29) is 4.24 Å². The molecule has 0 aliphatic carbocycles. The summed E-state index contributed by atoms with van der Waals surface area (Å²) in [6.07, 6.45) is 3.00. The molecule has 1 aliphatic heterocycles. The molecule has 0 atom stereocenters. The molecule has 4 nitrogen and oxygen atoms in total. The SMILES string of the molecule is CN/C(C)=C(\S)S(=O)(=O)N1CCCCC1. The third kappa shape index (κ3) is 2.89. The highest BCUT2D eigenvalue weighted by Gasteiger charge is 2.27. The first-order valence-electron chi connectivity index (χ1n) is 5.08. The zero-order valence-corrected chi connectivity index (χ0v) is 10.9. The van der Waals surface area contributed by atoms with Gasteiger partial charge in [-0.15, -0.1) is 12.6 Å². The second-order valence-electron chi connectivity index (χ2n) is 3.64. The fourth-order valence-corrected chi connectivity index (χ4v) is 3.46. The Morgan fingerprint density at radius 1 is 1.27 bits per heavy atom. The van der Waals surface area contributed by atoms with Gasteiger partial charge in [0.1, 0.15) is 4.24 Å². The molecular formula is C9H18N2O2S2. The van der Waals surface area contributed by atoms with Gasteiger partial charge in [-0.05, 0) is 19.8 Å². The standard InChI is InChI=1S/C9H18N2O2S2/c1-8(10-2)9(14)15(12,13)11-6-4-3-5-7-11/h10,14H,3-7H2,1-2H3/b9-8+. The van der Waals surface area contributed by atoms with Crippen molar-refractivity contribution in [1.82, 2.24) is 9.62 Å². The Hall–Kier alpha value is -0.200. The summed E-state index contributed by atoms with van der Waals surface area (Å²) < 4.78 is 25.7. The Bertz CT molecular complexity index is 343. The highest BCUT2D eigenvalue weighted by molar-refractivity contribution is 8.09. The largest absolute Gasteiger partial charge is 0.390 e. The summed E-state index contributed by atoms with van der Waals surface area (Å²) in [5.74, 6) is 0. The molecule has 6 heteroatoms. The summed E-state index contributed by atoms with van der Waals surface area (Å²) in [6.45, 7) is 2.94. The molecule has 88 valence electrons. The fraction of sp³-hybridized carbons (Fsp3) is 0.778. The van der Waals surface area contributed by atoms with E-state index in [0.717, 1.165) is 19.3 Å². The van der Waals surface area contributed by atoms with Crippen molar-refractivity contribution < 1.29 is 8.42 Å². The third-order valence-corrected chi connectivity index (χ3v) is 5.46. The predicted octanol–water partition coefficient (Wildman–Crippen LogP) is 1.14. The van der Waals surface area contributed by atoms with Crippen LogP contribution < -0.4 is 5.32 Å². The minimum Gasteiger partial charge on any atom is -0.390 e. The molecule has 15 heavy (non-hydrogen) atoms. The number of nitrogens with zero attached hydrogens (tertiary/aromatic N) is 1. The molecule has 0 bridgehead atoms. The van der Waals surface area contributed by atoms with Crippen LogP contribution in [0.4, 0.5) is 0 Å². The van der Waals surface area contributed by atoms with Crippen molar-refractivity contribution in [3.05, 3.63) is 9.93 Å². The topological polar surface area (TPSA) is 49.4 Å². The number of nitrogens with one attached hydrogen (secondary N) is 1. The maximum atomic E-state index is 12.0. The molecule has 0 aromatic carbocycles. The van der Waals surface area contributed by atoms with E-state index < -0.39 is 10.0 Å². The molecule has 0 radical (unpaired) electrons. The summed E-state index contributed by atoms with van der Waals surface area (Å²) in [5.41, 5.74) is 0.587. The van der Waals surface area contributed by atoms with Crippen LogP contribution in [0.2, 0.25) is 0 Å². The smallest absolute Gasteiger partial charge is 0.250 e. The van der Waals surface area contributed by atoms with Crippen LogP contribution in [0.15, 0.2) is 9.93 Å². The number of hydrogen-bond acceptors (Lipinski definition) is 4. The zero-order chi connectivity index (χ0) is 11.5. The molecule has 0 aromatic heterocycles. The van der Waals surface area contributed by atoms with Gasteiger partial charge in [0.2, 0.25) is 0 Å². The van der Waals surface area contributed by atoms with E-state index in [1.54, 1.807) is 14.0 Å². The third-order valence-electron chi connectivity index (χ3n) is 2.60. The van der Waals surface area contributed by atoms with Gasteiger partial charge in [0, 0.05) is 25.8 Å². The lowest BCUT2D eigenvalue weighted by atomic mass is 10.2. The summed E-state index contributed by atoms with van der Waals surface area (Å²) in [5, 5.41) is 2.81. The van der Waals surface area contributed by atoms with Crippen LogP contribution in [-0.4, -0.2) is 32.9 Å². The van der Waals surface area contributed by atoms with E-state index in [1.165, 1.54) is 4.31 Å². The van der Waals surface area contributed by atoms with Gasteiger partial charge < -0.3 is 5.32 Å². The Morgan fingerprint density at radius 3 is 2.27 bits per heavy atom. The normalized spacial score (nSPS) is 21.0. The monoisotopic (exact) mass is 250 g/mol. The van der Waals surface area contributed by atoms with Crippen molar-refractivity contribution in [3.8, 4) is 0 Å². The van der Waals surface area contributed by atoms with Crippen molar-refractivity contribution in [2.75, 3.05) is 20.1 Å². The number of piperidine rings is 1. The van der Waals surface area contributed by atoms with Crippen LogP contribution in [0.1, 0.15) is 26.2 Å². The maximum Gasteiger partial charge on any atom is 0.250 e. The lowest BCUT2D eigenvalue weighted by Gasteiger charge is -2.26. The molecule has 1 fully saturated rings. The highest BCUT2D eigenvalue weighted by Crippen LogP contribution is 2.22. The van der Waals surface area contributed by atoms with Crippen LogP contribution in [-0.2, 0) is 10.0 Å². The van der Waals surface area contributed by atoms with Crippen LogP contribution in [0.3, 0.4) is 0 Å². The highest BCUT2D eigenvalue weighted by atomic mass is 32.3. The molecule has 0 unspecified atom stereocenters. The molecule has 1 heterocycles. The number of allylic oxidation sites excluding steroid dienone is 1. The first-order valence-corrected chi connectivity index (χ1v) is 6.96. The molecular weight excluding hydrogens is 232 g/mol. The first-order chi connectivity index (χ1) is 7.00. The Labute approximate surface area is 97.2 Å². The number of sulfonamides is 1. The zero-order valence-electron chi connectivity index (χ0n) is 9.15. The van der Waals surface area contributed by atoms with Gasteiger partial charge in [-0.25, -0.2) is 8.42 Å². The van der Waals surface area contributed by atoms with Crippen molar-refractivity contribution in [2.45, 2.75) is 26.2 Å². The molecule has 0 saturated carbocycles. The van der Waals surface area contributed by atoms with Gasteiger partial charge in [-0.2, -0.15) is 4.31 Å². The van der Waals surface area contributed by atoms with Crippen LogP contribution in [0.25, 0.3) is 0 Å². The van der Waals surface area contributed by atoms with E-state index in [0.29, 0.717) is 18.8 Å². The maximum absolute atomic E-state index is 12.0. The van der Waals surface area contributed by atoms with Crippen molar-refractivity contribution in [2.24, 2.45) is 0 Å². The van der Waals surface area contributed by atoms with E-state index in [1.807, 2.05) is 0 Å². The van der Waals surface area contributed by atoms with Crippen molar-refractivity contribution in [3.63, 3.8) is 0 Å². The van der Waals surface area contributed by atoms with Gasteiger partial charge in [0.25, 0.3) is 10.0 Å². The van der Waals surface area contributed by atoms with Crippen LogP contribution in [0, 0.1) is 0 Å². The molecule has 1 N–H and O–H groups in total. The van der Waals surface area contributed by atoms with Crippen molar-refractivity contribution >= 4 is 22.7 Å². The van der Waals surface area contributed by atoms with Gasteiger partial charge in [0.15, 0.2) is 0 Å². The van der Waals surface area contributed by atoms with Crippen LogP contribution >= 0.6 is 12.6 Å². The van der Waals surface area contributed by atoms with Gasteiger partial charge >= 0.3 is 0 Å². The Morgan fingerprint density at radius 2 is 1.80 bits per heavy atom. The predicted molar refractivity (Wildman–Crippen MR) is 65.1 cm³/mol. The molecule has 1 aliphatic rings. The minimum atomic E-state index is -3.36. The van der Waals surface area contributed by atoms with E-state index >= 15 is 0 Å². The minimum absolute atomic E-state index is 0.131. The molecule has 0 aromatic rings. The molecule has 1 saturated heterocycles. The Kier molecular flexibility index (Phi) is 4.48. The van der Waals surface area contributed by atoms with Gasteiger partial charge in [-0.3, -0.25) is 0 Å². The second kappa shape index (κ2) is 5.23. The van der Waals surface area contributed by atoms with Crippen LogP contribution in [0.5, 0.6) is 0 Å². The van der Waals surface area contributed by atoms with E-state index in [4.69, 9.17) is 0 Å².